The predicted octanol–water partition coefficient (Wildman–Crippen LogP) is 1.93. The standard InChI is InChI=1S/C22H30N4O5/c1-28-13-20(27)25-15-3-5-17(6-4-15)31-19-12-16(26-7-9-30-10-8-26)11-18-21(19)22(29-2)24-14-23-18/h11-12,14-15,17H,3-10,13H2,1-2H3,(H,25,27). The highest BCUT2D eigenvalue weighted by Gasteiger charge is 2.25. The SMILES string of the molecule is COCC(=O)NC1CCC(Oc2cc(N3CCOCC3)cc3ncnc(OC)c23)CC1. The van der Waals surface area contributed by atoms with Crippen molar-refractivity contribution in [3.63, 3.8) is 0 Å². The number of fused-ring (bicyclic) bond motifs is 1. The van der Waals surface area contributed by atoms with Gasteiger partial charge in [-0.15, -0.1) is 0 Å². The van der Waals surface area contributed by atoms with Crippen LogP contribution in [-0.2, 0) is 14.3 Å². The van der Waals surface area contributed by atoms with Crippen LogP contribution in [-0.4, -0.2) is 75.2 Å². The van der Waals surface area contributed by atoms with Crippen molar-refractivity contribution < 1.29 is 23.7 Å². The molecule has 2 aromatic rings. The molecule has 2 heterocycles. The average Bonchev–Trinajstić information content (AvgIpc) is 2.80. The Morgan fingerprint density at radius 1 is 1.16 bits per heavy atom. The van der Waals surface area contributed by atoms with Crippen molar-refractivity contribution in [3.8, 4) is 11.6 Å². The summed E-state index contributed by atoms with van der Waals surface area (Å²) in [6, 6.07) is 4.28. The highest BCUT2D eigenvalue weighted by atomic mass is 16.5. The molecule has 0 radical (unpaired) electrons. The van der Waals surface area contributed by atoms with E-state index >= 15 is 0 Å². The molecule has 1 aliphatic carbocycles. The number of aromatic nitrogens is 2. The van der Waals surface area contributed by atoms with E-state index in [0.29, 0.717) is 19.1 Å². The van der Waals surface area contributed by atoms with Crippen LogP contribution < -0.4 is 19.7 Å². The van der Waals surface area contributed by atoms with E-state index in [-0.39, 0.29) is 24.7 Å². The highest BCUT2D eigenvalue weighted by molar-refractivity contribution is 5.92. The molecule has 9 nitrogen and oxygen atoms in total. The molecule has 0 spiro atoms. The second-order valence-electron chi connectivity index (χ2n) is 7.91. The number of carbonyl (C=O) groups is 1. The van der Waals surface area contributed by atoms with E-state index < -0.39 is 0 Å². The molecule has 1 amide bonds. The summed E-state index contributed by atoms with van der Waals surface area (Å²) >= 11 is 0. The van der Waals surface area contributed by atoms with Crippen LogP contribution in [0.15, 0.2) is 18.5 Å². The van der Waals surface area contributed by atoms with Gasteiger partial charge < -0.3 is 29.2 Å². The van der Waals surface area contributed by atoms with Gasteiger partial charge in [0.1, 0.15) is 24.1 Å². The molecule has 1 aromatic carbocycles. The van der Waals surface area contributed by atoms with E-state index in [1.165, 1.54) is 13.4 Å². The minimum atomic E-state index is -0.0713. The summed E-state index contributed by atoms with van der Waals surface area (Å²) in [7, 11) is 3.13. The zero-order valence-electron chi connectivity index (χ0n) is 18.1. The topological polar surface area (TPSA) is 95.0 Å². The molecule has 1 saturated heterocycles. The van der Waals surface area contributed by atoms with Crippen LogP contribution in [0, 0.1) is 0 Å². The summed E-state index contributed by atoms with van der Waals surface area (Å²) in [6.45, 7) is 3.18. The van der Waals surface area contributed by atoms with E-state index in [9.17, 15) is 4.79 Å². The van der Waals surface area contributed by atoms with Crippen LogP contribution in [0.3, 0.4) is 0 Å². The van der Waals surface area contributed by atoms with Gasteiger partial charge in [-0.3, -0.25) is 4.79 Å². The van der Waals surface area contributed by atoms with Gasteiger partial charge in [-0.1, -0.05) is 0 Å². The predicted molar refractivity (Wildman–Crippen MR) is 116 cm³/mol. The van der Waals surface area contributed by atoms with Gasteiger partial charge >= 0.3 is 0 Å². The van der Waals surface area contributed by atoms with Crippen molar-refractivity contribution in [1.82, 2.24) is 15.3 Å². The van der Waals surface area contributed by atoms with Gasteiger partial charge in [0.2, 0.25) is 11.8 Å². The lowest BCUT2D eigenvalue weighted by molar-refractivity contribution is -0.125. The Labute approximate surface area is 182 Å². The zero-order valence-corrected chi connectivity index (χ0v) is 18.1. The number of benzene rings is 1. The smallest absolute Gasteiger partial charge is 0.246 e. The second kappa shape index (κ2) is 10.1. The van der Waals surface area contributed by atoms with Gasteiger partial charge in [0.05, 0.1) is 31.9 Å². The van der Waals surface area contributed by atoms with E-state index in [4.69, 9.17) is 18.9 Å². The summed E-state index contributed by atoms with van der Waals surface area (Å²) < 4.78 is 22.4. The molecule has 1 N–H and O–H groups in total. The van der Waals surface area contributed by atoms with E-state index in [1.54, 1.807) is 7.11 Å². The normalized spacial score (nSPS) is 21.7. The summed E-state index contributed by atoms with van der Waals surface area (Å²) in [5.41, 5.74) is 1.86. The number of methoxy groups -OCH3 is 2. The first-order chi connectivity index (χ1) is 15.2. The Hall–Kier alpha value is -2.65. The molecular weight excluding hydrogens is 400 g/mol. The first-order valence-electron chi connectivity index (χ1n) is 10.8. The number of nitrogens with one attached hydrogen (secondary N) is 1. The number of nitrogens with zero attached hydrogens (tertiary/aromatic N) is 3. The molecule has 4 rings (SSSR count). The van der Waals surface area contributed by atoms with Crippen LogP contribution in [0.4, 0.5) is 5.69 Å². The Balaban J connectivity index is 1.53. The quantitative estimate of drug-likeness (QED) is 0.712. The molecule has 1 saturated carbocycles. The number of anilines is 1. The number of hydrogen-bond acceptors (Lipinski definition) is 8. The first-order valence-corrected chi connectivity index (χ1v) is 10.8. The largest absolute Gasteiger partial charge is 0.489 e. The maximum atomic E-state index is 11.8. The Bertz CT molecular complexity index is 895. The van der Waals surface area contributed by atoms with Crippen molar-refractivity contribution in [2.45, 2.75) is 37.8 Å². The van der Waals surface area contributed by atoms with Gasteiger partial charge in [-0.05, 0) is 31.7 Å². The number of ether oxygens (including phenoxy) is 4. The highest BCUT2D eigenvalue weighted by Crippen LogP contribution is 2.37. The average molecular weight is 431 g/mol. The summed E-state index contributed by atoms with van der Waals surface area (Å²) in [6.07, 6.45) is 5.03. The molecule has 0 unspecified atom stereocenters. The van der Waals surface area contributed by atoms with Gasteiger partial charge in [-0.25, -0.2) is 9.97 Å². The zero-order chi connectivity index (χ0) is 21.6. The van der Waals surface area contributed by atoms with E-state index in [1.807, 2.05) is 0 Å². The first kappa shape index (κ1) is 21.6. The monoisotopic (exact) mass is 430 g/mol. The molecule has 1 aliphatic heterocycles. The number of hydrogen-bond donors (Lipinski definition) is 1. The van der Waals surface area contributed by atoms with Crippen molar-refractivity contribution in [1.29, 1.82) is 0 Å². The molecule has 31 heavy (non-hydrogen) atoms. The molecule has 168 valence electrons. The Kier molecular flexibility index (Phi) is 7.03. The fourth-order valence-corrected chi connectivity index (χ4v) is 4.27. The number of rotatable bonds is 7. The van der Waals surface area contributed by atoms with E-state index in [0.717, 1.165) is 61.1 Å². The molecule has 2 fully saturated rings. The fraction of sp³-hybridized carbons (Fsp3) is 0.591. The third-order valence-corrected chi connectivity index (χ3v) is 5.83. The number of carbonyl (C=O) groups excluding carboxylic acids is 1. The van der Waals surface area contributed by atoms with Crippen LogP contribution in [0.5, 0.6) is 11.6 Å². The second-order valence-corrected chi connectivity index (χ2v) is 7.91. The van der Waals surface area contributed by atoms with Crippen molar-refractivity contribution in [3.05, 3.63) is 18.5 Å². The molecular formula is C22H30N4O5. The molecule has 0 bridgehead atoms. The summed E-state index contributed by atoms with van der Waals surface area (Å²) in [5.74, 6) is 1.18. The minimum absolute atomic E-state index is 0.0589. The van der Waals surface area contributed by atoms with Crippen LogP contribution in [0.25, 0.3) is 10.9 Å². The van der Waals surface area contributed by atoms with Crippen LogP contribution >= 0.6 is 0 Å². The summed E-state index contributed by atoms with van der Waals surface area (Å²) in [4.78, 5) is 22.8. The van der Waals surface area contributed by atoms with E-state index in [2.05, 4.69) is 32.3 Å². The van der Waals surface area contributed by atoms with Gasteiger partial charge in [-0.2, -0.15) is 0 Å². The Morgan fingerprint density at radius 2 is 1.94 bits per heavy atom. The minimum Gasteiger partial charge on any atom is -0.489 e. The lowest BCUT2D eigenvalue weighted by Crippen LogP contribution is -2.41. The fourth-order valence-electron chi connectivity index (χ4n) is 4.27. The van der Waals surface area contributed by atoms with Crippen LogP contribution in [0.2, 0.25) is 0 Å². The van der Waals surface area contributed by atoms with Crippen molar-refractivity contribution >= 4 is 22.5 Å². The number of morpholine rings is 1. The third kappa shape index (κ3) is 5.16. The lowest BCUT2D eigenvalue weighted by Gasteiger charge is -2.31. The third-order valence-electron chi connectivity index (χ3n) is 5.83. The van der Waals surface area contributed by atoms with Gasteiger partial charge in [0.25, 0.3) is 0 Å². The maximum Gasteiger partial charge on any atom is 0.246 e. The maximum absolute atomic E-state index is 11.8. The lowest BCUT2D eigenvalue weighted by atomic mass is 9.93. The van der Waals surface area contributed by atoms with Crippen molar-refractivity contribution in [2.24, 2.45) is 0 Å². The molecule has 2 aliphatic rings. The van der Waals surface area contributed by atoms with Gasteiger partial charge in [0, 0.05) is 38.0 Å². The molecule has 9 heteroatoms. The van der Waals surface area contributed by atoms with Crippen molar-refractivity contribution in [2.75, 3.05) is 52.0 Å². The molecule has 0 atom stereocenters. The number of amides is 1. The molecule has 1 aromatic heterocycles. The van der Waals surface area contributed by atoms with Crippen LogP contribution in [0.1, 0.15) is 25.7 Å². The Morgan fingerprint density at radius 3 is 2.65 bits per heavy atom. The van der Waals surface area contributed by atoms with Gasteiger partial charge in [0.15, 0.2) is 0 Å². The summed E-state index contributed by atoms with van der Waals surface area (Å²) in [5, 5.41) is 3.82.